The molecular weight excluding hydrogens is 298 g/mol. The van der Waals surface area contributed by atoms with Crippen LogP contribution in [0.25, 0.3) is 0 Å². The van der Waals surface area contributed by atoms with Gasteiger partial charge in [0.25, 0.3) is 0 Å². The fraction of sp³-hybridized carbons (Fsp3) is 0.952. The van der Waals surface area contributed by atoms with Gasteiger partial charge in [-0.2, -0.15) is 0 Å². The molecule has 144 valence electrons. The van der Waals surface area contributed by atoms with Crippen LogP contribution < -0.4 is 5.32 Å². The molecule has 0 aromatic carbocycles. The standard InChI is InChI=1S/C21H43NO2/c1-19(2)15-13-11-9-7-5-6-8-10-12-14-16-22-21(23)18-24-17-20(3)4/h19-20H,5-18H2,1-4H3,(H,22,23). The average molecular weight is 342 g/mol. The van der Waals surface area contributed by atoms with Gasteiger partial charge in [0, 0.05) is 13.2 Å². The van der Waals surface area contributed by atoms with E-state index in [1.165, 1.54) is 64.2 Å². The molecule has 0 heterocycles. The third-order valence-corrected chi connectivity index (χ3v) is 4.21. The average Bonchev–Trinajstić information content (AvgIpc) is 2.51. The Hall–Kier alpha value is -0.570. The molecule has 1 N–H and O–H groups in total. The monoisotopic (exact) mass is 341 g/mol. The maximum absolute atomic E-state index is 11.5. The Labute approximate surface area is 151 Å². The van der Waals surface area contributed by atoms with Gasteiger partial charge in [0.15, 0.2) is 0 Å². The molecule has 0 fully saturated rings. The predicted octanol–water partition coefficient (Wildman–Crippen LogP) is 5.72. The lowest BCUT2D eigenvalue weighted by molar-refractivity contribution is -0.126. The highest BCUT2D eigenvalue weighted by Crippen LogP contribution is 2.13. The Morgan fingerprint density at radius 3 is 1.75 bits per heavy atom. The van der Waals surface area contributed by atoms with E-state index in [0.717, 1.165) is 18.9 Å². The van der Waals surface area contributed by atoms with Crippen molar-refractivity contribution in [2.75, 3.05) is 19.8 Å². The summed E-state index contributed by atoms with van der Waals surface area (Å²) in [6, 6.07) is 0. The minimum absolute atomic E-state index is 0.0214. The van der Waals surface area contributed by atoms with Crippen LogP contribution in [0.1, 0.15) is 98.3 Å². The lowest BCUT2D eigenvalue weighted by atomic mass is 10.0. The Balaban J connectivity index is 3.13. The molecule has 0 bridgehead atoms. The summed E-state index contributed by atoms with van der Waals surface area (Å²) in [6.07, 6.45) is 14.8. The molecule has 3 heteroatoms. The van der Waals surface area contributed by atoms with Crippen molar-refractivity contribution >= 4 is 5.91 Å². The number of ether oxygens (including phenoxy) is 1. The van der Waals surface area contributed by atoms with E-state index in [1.807, 2.05) is 0 Å². The maximum Gasteiger partial charge on any atom is 0.245 e. The molecule has 0 aliphatic carbocycles. The normalized spacial score (nSPS) is 11.4. The van der Waals surface area contributed by atoms with Gasteiger partial charge in [-0.05, 0) is 18.3 Å². The Kier molecular flexibility index (Phi) is 16.8. The first-order valence-corrected chi connectivity index (χ1v) is 10.4. The van der Waals surface area contributed by atoms with Crippen LogP contribution in [-0.4, -0.2) is 25.7 Å². The van der Waals surface area contributed by atoms with Crippen LogP contribution in [0.4, 0.5) is 0 Å². The SMILES string of the molecule is CC(C)CCCCCCCCCCCCNC(=O)COCC(C)C. The number of nitrogens with one attached hydrogen (secondary N) is 1. The smallest absolute Gasteiger partial charge is 0.245 e. The summed E-state index contributed by atoms with van der Waals surface area (Å²) in [4.78, 5) is 11.5. The number of carbonyl (C=O) groups is 1. The summed E-state index contributed by atoms with van der Waals surface area (Å²) in [5.41, 5.74) is 0. The second kappa shape index (κ2) is 17.3. The molecular formula is C21H43NO2. The third-order valence-electron chi connectivity index (χ3n) is 4.21. The summed E-state index contributed by atoms with van der Waals surface area (Å²) in [7, 11) is 0. The summed E-state index contributed by atoms with van der Waals surface area (Å²) in [5, 5.41) is 2.93. The van der Waals surface area contributed by atoms with E-state index < -0.39 is 0 Å². The van der Waals surface area contributed by atoms with Gasteiger partial charge in [-0.1, -0.05) is 91.9 Å². The fourth-order valence-corrected chi connectivity index (χ4v) is 2.76. The van der Waals surface area contributed by atoms with Crippen LogP contribution in [0, 0.1) is 11.8 Å². The number of carbonyl (C=O) groups excluding carboxylic acids is 1. The van der Waals surface area contributed by atoms with E-state index >= 15 is 0 Å². The maximum atomic E-state index is 11.5. The van der Waals surface area contributed by atoms with Crippen molar-refractivity contribution in [3.63, 3.8) is 0 Å². The van der Waals surface area contributed by atoms with E-state index in [9.17, 15) is 4.79 Å². The van der Waals surface area contributed by atoms with E-state index in [2.05, 4.69) is 33.0 Å². The van der Waals surface area contributed by atoms with Gasteiger partial charge in [0.2, 0.25) is 5.91 Å². The zero-order chi connectivity index (χ0) is 18.0. The molecule has 0 aromatic heterocycles. The Morgan fingerprint density at radius 1 is 0.750 bits per heavy atom. The Bertz CT molecular complexity index is 277. The van der Waals surface area contributed by atoms with E-state index in [-0.39, 0.29) is 12.5 Å². The van der Waals surface area contributed by atoms with Crippen LogP contribution in [-0.2, 0) is 9.53 Å². The highest BCUT2D eigenvalue weighted by atomic mass is 16.5. The van der Waals surface area contributed by atoms with Crippen LogP contribution in [0.5, 0.6) is 0 Å². The van der Waals surface area contributed by atoms with Gasteiger partial charge in [-0.15, -0.1) is 0 Å². The van der Waals surface area contributed by atoms with Crippen molar-refractivity contribution in [1.29, 1.82) is 0 Å². The number of hydrogen-bond acceptors (Lipinski definition) is 2. The third kappa shape index (κ3) is 19.5. The molecule has 0 aromatic rings. The number of rotatable bonds is 17. The fourth-order valence-electron chi connectivity index (χ4n) is 2.76. The molecule has 0 radical (unpaired) electrons. The minimum Gasteiger partial charge on any atom is -0.371 e. The van der Waals surface area contributed by atoms with Crippen molar-refractivity contribution in [1.82, 2.24) is 5.32 Å². The molecule has 0 rings (SSSR count). The van der Waals surface area contributed by atoms with Gasteiger partial charge in [0.1, 0.15) is 6.61 Å². The lowest BCUT2D eigenvalue weighted by Crippen LogP contribution is -2.29. The zero-order valence-electron chi connectivity index (χ0n) is 16.9. The van der Waals surface area contributed by atoms with Gasteiger partial charge >= 0.3 is 0 Å². The highest BCUT2D eigenvalue weighted by Gasteiger charge is 2.01. The van der Waals surface area contributed by atoms with Crippen molar-refractivity contribution in [3.8, 4) is 0 Å². The first-order valence-electron chi connectivity index (χ1n) is 10.4. The molecule has 0 saturated carbocycles. The van der Waals surface area contributed by atoms with Crippen molar-refractivity contribution < 1.29 is 9.53 Å². The number of hydrogen-bond donors (Lipinski definition) is 1. The zero-order valence-corrected chi connectivity index (χ0v) is 16.9. The molecule has 0 saturated heterocycles. The first kappa shape index (κ1) is 23.4. The second-order valence-corrected chi connectivity index (χ2v) is 7.98. The van der Waals surface area contributed by atoms with E-state index in [1.54, 1.807) is 0 Å². The molecule has 0 aliphatic rings. The number of unbranched alkanes of at least 4 members (excludes halogenated alkanes) is 9. The molecule has 1 amide bonds. The van der Waals surface area contributed by atoms with Gasteiger partial charge in [0.05, 0.1) is 0 Å². The molecule has 3 nitrogen and oxygen atoms in total. The molecule has 0 spiro atoms. The Morgan fingerprint density at radius 2 is 1.25 bits per heavy atom. The summed E-state index contributed by atoms with van der Waals surface area (Å²) >= 11 is 0. The minimum atomic E-state index is 0.0214. The molecule has 0 aliphatic heterocycles. The summed E-state index contributed by atoms with van der Waals surface area (Å²) < 4.78 is 5.31. The van der Waals surface area contributed by atoms with E-state index in [0.29, 0.717) is 12.5 Å². The number of amides is 1. The predicted molar refractivity (Wildman–Crippen MR) is 104 cm³/mol. The largest absolute Gasteiger partial charge is 0.371 e. The lowest BCUT2D eigenvalue weighted by Gasteiger charge is -2.08. The summed E-state index contributed by atoms with van der Waals surface area (Å²) in [6.45, 7) is 10.5. The van der Waals surface area contributed by atoms with Crippen molar-refractivity contribution in [2.45, 2.75) is 98.3 Å². The first-order chi connectivity index (χ1) is 11.5. The molecule has 24 heavy (non-hydrogen) atoms. The highest BCUT2D eigenvalue weighted by molar-refractivity contribution is 5.77. The second-order valence-electron chi connectivity index (χ2n) is 7.98. The van der Waals surface area contributed by atoms with Crippen molar-refractivity contribution in [3.05, 3.63) is 0 Å². The quantitative estimate of drug-likeness (QED) is 0.343. The van der Waals surface area contributed by atoms with Crippen LogP contribution in [0.3, 0.4) is 0 Å². The molecule has 0 atom stereocenters. The van der Waals surface area contributed by atoms with Crippen LogP contribution >= 0.6 is 0 Å². The molecule has 0 unspecified atom stereocenters. The topological polar surface area (TPSA) is 38.3 Å². The van der Waals surface area contributed by atoms with Gasteiger partial charge in [-0.25, -0.2) is 0 Å². The van der Waals surface area contributed by atoms with Crippen LogP contribution in [0.15, 0.2) is 0 Å². The van der Waals surface area contributed by atoms with Crippen molar-refractivity contribution in [2.24, 2.45) is 11.8 Å². The van der Waals surface area contributed by atoms with E-state index in [4.69, 9.17) is 4.74 Å². The van der Waals surface area contributed by atoms with Gasteiger partial charge in [-0.3, -0.25) is 4.79 Å². The van der Waals surface area contributed by atoms with Gasteiger partial charge < -0.3 is 10.1 Å². The summed E-state index contributed by atoms with van der Waals surface area (Å²) in [5.74, 6) is 1.37. The van der Waals surface area contributed by atoms with Crippen LogP contribution in [0.2, 0.25) is 0 Å².